The number of aliphatic carboxylic acids is 1. The summed E-state index contributed by atoms with van der Waals surface area (Å²) in [5.74, 6) is -1.26. The molecule has 1 unspecified atom stereocenters. The van der Waals surface area contributed by atoms with Gasteiger partial charge in [0.05, 0.1) is 0 Å². The van der Waals surface area contributed by atoms with Gasteiger partial charge in [0.15, 0.2) is 0 Å². The Morgan fingerprint density at radius 1 is 1.44 bits per heavy atom. The molecule has 0 aliphatic heterocycles. The number of hydrogen-bond donors (Lipinski definition) is 1. The van der Waals surface area contributed by atoms with Crippen LogP contribution in [0, 0.1) is 6.92 Å². The van der Waals surface area contributed by atoms with E-state index in [0.29, 0.717) is 12.0 Å². The number of carboxylic acid groups (broad SMARTS) is 1. The molecule has 98 valence electrons. The van der Waals surface area contributed by atoms with E-state index in [1.54, 1.807) is 25.1 Å². The summed E-state index contributed by atoms with van der Waals surface area (Å²) in [6.07, 6.45) is 0.382. The zero-order chi connectivity index (χ0) is 13.9. The number of rotatable bonds is 4. The molecule has 18 heavy (non-hydrogen) atoms. The second-order valence-corrected chi connectivity index (χ2v) is 5.00. The topological polar surface area (TPSA) is 57.6 Å². The highest BCUT2D eigenvalue weighted by Gasteiger charge is 2.25. The van der Waals surface area contributed by atoms with Crippen LogP contribution < -0.4 is 0 Å². The van der Waals surface area contributed by atoms with Gasteiger partial charge in [0, 0.05) is 17.1 Å². The lowest BCUT2D eigenvalue weighted by molar-refractivity contribution is -0.142. The molecule has 0 radical (unpaired) electrons. The Morgan fingerprint density at radius 2 is 2.06 bits per heavy atom. The Bertz CT molecular complexity index is 473. The molecule has 0 aliphatic carbocycles. The van der Waals surface area contributed by atoms with Gasteiger partial charge in [0.25, 0.3) is 5.91 Å². The smallest absolute Gasteiger partial charge is 0.326 e. The summed E-state index contributed by atoms with van der Waals surface area (Å²) in [6, 6.07) is 4.43. The second kappa shape index (κ2) is 6.00. The molecule has 0 heterocycles. The van der Waals surface area contributed by atoms with Gasteiger partial charge in [-0.3, -0.25) is 4.79 Å². The van der Waals surface area contributed by atoms with Gasteiger partial charge in [-0.15, -0.1) is 0 Å². The van der Waals surface area contributed by atoms with E-state index in [9.17, 15) is 9.59 Å². The number of likely N-dealkylation sites (N-methyl/N-ethyl adjacent to an activating group) is 1. The monoisotopic (exact) mass is 313 g/mol. The minimum atomic E-state index is -0.984. The maximum atomic E-state index is 12.2. The standard InChI is InChI=1S/C13H16BrNO3/c1-4-11(13(17)18)15(3)12(16)9-5-6-10(14)8(2)7-9/h5-7,11H,4H2,1-3H3,(H,17,18). The molecule has 1 atom stereocenters. The van der Waals surface area contributed by atoms with Gasteiger partial charge in [0.1, 0.15) is 6.04 Å². The van der Waals surface area contributed by atoms with Crippen LogP contribution in [0.5, 0.6) is 0 Å². The average Bonchev–Trinajstić information content (AvgIpc) is 2.32. The number of carbonyl (C=O) groups is 2. The molecule has 0 aliphatic rings. The number of aryl methyl sites for hydroxylation is 1. The minimum Gasteiger partial charge on any atom is -0.480 e. The predicted octanol–water partition coefficient (Wildman–Crippen LogP) is 2.69. The molecule has 0 spiro atoms. The molecule has 0 saturated carbocycles. The summed E-state index contributed by atoms with van der Waals surface area (Å²) in [5, 5.41) is 9.04. The van der Waals surface area contributed by atoms with Gasteiger partial charge in [-0.05, 0) is 37.1 Å². The molecule has 1 rings (SSSR count). The van der Waals surface area contributed by atoms with Crippen molar-refractivity contribution in [2.45, 2.75) is 26.3 Å². The molecular weight excluding hydrogens is 298 g/mol. The fourth-order valence-corrected chi connectivity index (χ4v) is 1.98. The lowest BCUT2D eigenvalue weighted by Gasteiger charge is -2.24. The lowest BCUT2D eigenvalue weighted by Crippen LogP contribution is -2.41. The van der Waals surface area contributed by atoms with Crippen molar-refractivity contribution in [1.82, 2.24) is 4.90 Å². The summed E-state index contributed by atoms with van der Waals surface area (Å²) in [5.41, 5.74) is 1.44. The lowest BCUT2D eigenvalue weighted by atomic mass is 10.1. The number of benzene rings is 1. The van der Waals surface area contributed by atoms with Crippen LogP contribution >= 0.6 is 15.9 Å². The van der Waals surface area contributed by atoms with Crippen molar-refractivity contribution in [3.05, 3.63) is 33.8 Å². The van der Waals surface area contributed by atoms with Crippen molar-refractivity contribution >= 4 is 27.8 Å². The minimum absolute atomic E-state index is 0.278. The first-order valence-corrected chi connectivity index (χ1v) is 6.43. The third-order valence-corrected chi connectivity index (χ3v) is 3.75. The Labute approximate surface area is 115 Å². The Hall–Kier alpha value is -1.36. The van der Waals surface area contributed by atoms with Gasteiger partial charge in [-0.2, -0.15) is 0 Å². The molecule has 1 amide bonds. The maximum Gasteiger partial charge on any atom is 0.326 e. The highest BCUT2D eigenvalue weighted by Crippen LogP contribution is 2.18. The SMILES string of the molecule is CCC(C(=O)O)N(C)C(=O)c1ccc(Br)c(C)c1. The quantitative estimate of drug-likeness (QED) is 0.929. The molecule has 0 saturated heterocycles. The highest BCUT2D eigenvalue weighted by molar-refractivity contribution is 9.10. The van der Waals surface area contributed by atoms with Crippen LogP contribution in [0.2, 0.25) is 0 Å². The van der Waals surface area contributed by atoms with Gasteiger partial charge in [0.2, 0.25) is 0 Å². The van der Waals surface area contributed by atoms with Crippen molar-refractivity contribution in [3.63, 3.8) is 0 Å². The Morgan fingerprint density at radius 3 is 2.50 bits per heavy atom. The van der Waals surface area contributed by atoms with E-state index in [4.69, 9.17) is 5.11 Å². The fourth-order valence-electron chi connectivity index (χ4n) is 1.74. The number of hydrogen-bond acceptors (Lipinski definition) is 2. The molecule has 1 aromatic carbocycles. The van der Waals surface area contributed by atoms with E-state index in [1.165, 1.54) is 11.9 Å². The Balaban J connectivity index is 2.99. The number of halogens is 1. The molecule has 0 aromatic heterocycles. The maximum absolute atomic E-state index is 12.2. The van der Waals surface area contributed by atoms with E-state index in [2.05, 4.69) is 15.9 Å². The van der Waals surface area contributed by atoms with Crippen molar-refractivity contribution in [2.24, 2.45) is 0 Å². The van der Waals surface area contributed by atoms with Crippen LogP contribution in [0.4, 0.5) is 0 Å². The van der Waals surface area contributed by atoms with Crippen LogP contribution in [0.1, 0.15) is 29.3 Å². The second-order valence-electron chi connectivity index (χ2n) is 4.14. The molecule has 1 N–H and O–H groups in total. The third kappa shape index (κ3) is 3.10. The zero-order valence-corrected chi connectivity index (χ0v) is 12.2. The normalized spacial score (nSPS) is 12.0. The fraction of sp³-hybridized carbons (Fsp3) is 0.385. The summed E-state index contributed by atoms with van der Waals surface area (Å²) >= 11 is 3.36. The first kappa shape index (κ1) is 14.7. The molecule has 0 fully saturated rings. The number of nitrogens with zero attached hydrogens (tertiary/aromatic N) is 1. The molecule has 4 nitrogen and oxygen atoms in total. The van der Waals surface area contributed by atoms with Crippen molar-refractivity contribution in [3.8, 4) is 0 Å². The van der Waals surface area contributed by atoms with Crippen molar-refractivity contribution < 1.29 is 14.7 Å². The Kier molecular flexibility index (Phi) is 4.90. The first-order valence-electron chi connectivity index (χ1n) is 5.64. The highest BCUT2D eigenvalue weighted by atomic mass is 79.9. The van der Waals surface area contributed by atoms with Gasteiger partial charge in [-0.1, -0.05) is 22.9 Å². The summed E-state index contributed by atoms with van der Waals surface area (Å²) in [6.45, 7) is 3.63. The van der Waals surface area contributed by atoms with E-state index >= 15 is 0 Å². The van der Waals surface area contributed by atoms with E-state index in [-0.39, 0.29) is 5.91 Å². The molecule has 1 aromatic rings. The van der Waals surface area contributed by atoms with Crippen LogP contribution in [0.15, 0.2) is 22.7 Å². The van der Waals surface area contributed by atoms with Crippen LogP contribution in [-0.2, 0) is 4.79 Å². The van der Waals surface area contributed by atoms with Gasteiger partial charge in [-0.25, -0.2) is 4.79 Å². The predicted molar refractivity (Wildman–Crippen MR) is 72.7 cm³/mol. The van der Waals surface area contributed by atoms with E-state index in [1.807, 2.05) is 6.92 Å². The van der Waals surface area contributed by atoms with Crippen LogP contribution in [0.25, 0.3) is 0 Å². The zero-order valence-electron chi connectivity index (χ0n) is 10.6. The van der Waals surface area contributed by atoms with Crippen molar-refractivity contribution in [1.29, 1.82) is 0 Å². The third-order valence-electron chi connectivity index (χ3n) is 2.86. The van der Waals surface area contributed by atoms with E-state index < -0.39 is 12.0 Å². The summed E-state index contributed by atoms with van der Waals surface area (Å²) < 4.78 is 0.923. The summed E-state index contributed by atoms with van der Waals surface area (Å²) in [7, 11) is 1.52. The van der Waals surface area contributed by atoms with Crippen molar-refractivity contribution in [2.75, 3.05) is 7.05 Å². The largest absolute Gasteiger partial charge is 0.480 e. The van der Waals surface area contributed by atoms with E-state index in [0.717, 1.165) is 10.0 Å². The van der Waals surface area contributed by atoms with Gasteiger partial charge >= 0.3 is 5.97 Å². The molecule has 5 heteroatoms. The van der Waals surface area contributed by atoms with Gasteiger partial charge < -0.3 is 10.0 Å². The number of carboxylic acids is 1. The number of amides is 1. The average molecular weight is 314 g/mol. The van der Waals surface area contributed by atoms with Crippen LogP contribution in [-0.4, -0.2) is 35.0 Å². The number of carbonyl (C=O) groups excluding carboxylic acids is 1. The molecule has 0 bridgehead atoms. The summed E-state index contributed by atoms with van der Waals surface area (Å²) in [4.78, 5) is 24.5. The first-order chi connectivity index (χ1) is 8.38. The van der Waals surface area contributed by atoms with Crippen LogP contribution in [0.3, 0.4) is 0 Å². The molecular formula is C13H16BrNO3.